The molecule has 0 aliphatic heterocycles. The van der Waals surface area contributed by atoms with E-state index in [2.05, 4.69) is 25.6 Å². The van der Waals surface area contributed by atoms with E-state index in [1.807, 2.05) is 0 Å². The fourth-order valence-corrected chi connectivity index (χ4v) is 2.16. The highest BCUT2D eigenvalue weighted by atomic mass is 32.2. The Morgan fingerprint density at radius 2 is 1.83 bits per heavy atom. The van der Waals surface area contributed by atoms with Crippen LogP contribution in [0.15, 0.2) is 0 Å². The van der Waals surface area contributed by atoms with Crippen LogP contribution in [0.4, 0.5) is 0 Å². The first kappa shape index (κ1) is 12.3. The van der Waals surface area contributed by atoms with Crippen LogP contribution in [-0.4, -0.2) is 23.2 Å². The molecule has 0 saturated carbocycles. The molecule has 74 valence electrons. The molecule has 0 heterocycles. The lowest BCUT2D eigenvalue weighted by Crippen LogP contribution is -1.91. The summed E-state index contributed by atoms with van der Waals surface area (Å²) in [6.07, 6.45) is 4.77. The molecule has 0 aromatic rings. The highest BCUT2D eigenvalue weighted by Gasteiger charge is 1.94. The Labute approximate surface area is 80.9 Å². The molecule has 1 nitrogen and oxygen atoms in total. The van der Waals surface area contributed by atoms with Crippen LogP contribution in [0.3, 0.4) is 0 Å². The maximum absolute atomic E-state index is 8.53. The molecule has 0 aliphatic carbocycles. The zero-order valence-corrected chi connectivity index (χ0v) is 9.20. The summed E-state index contributed by atoms with van der Waals surface area (Å²) in [6.45, 7) is 4.90. The molecule has 0 saturated heterocycles. The number of rotatable bonds is 8. The van der Waals surface area contributed by atoms with Gasteiger partial charge in [0.25, 0.3) is 0 Å². The van der Waals surface area contributed by atoms with E-state index in [9.17, 15) is 0 Å². The smallest absolute Gasteiger partial charge is 0.0431 e. The lowest BCUT2D eigenvalue weighted by molar-refractivity contribution is 0.284. The monoisotopic (exact) mass is 190 g/mol. The molecule has 0 fully saturated rings. The Hall–Kier alpha value is 0.310. The van der Waals surface area contributed by atoms with Crippen LogP contribution in [0.2, 0.25) is 0 Å². The Morgan fingerprint density at radius 3 is 2.42 bits per heavy atom. The highest BCUT2D eigenvalue weighted by Crippen LogP contribution is 2.11. The molecule has 0 atom stereocenters. The summed E-state index contributed by atoms with van der Waals surface area (Å²) in [7, 11) is 0. The molecule has 0 rings (SSSR count). The van der Waals surface area contributed by atoms with Crippen molar-refractivity contribution < 1.29 is 5.11 Å². The molecule has 12 heavy (non-hydrogen) atoms. The number of hydrogen-bond donors (Lipinski definition) is 1. The van der Waals surface area contributed by atoms with E-state index in [1.165, 1.54) is 30.8 Å². The quantitative estimate of drug-likeness (QED) is 0.594. The van der Waals surface area contributed by atoms with Gasteiger partial charge in [-0.05, 0) is 36.7 Å². The minimum atomic E-state index is 0.358. The number of hydrogen-bond acceptors (Lipinski definition) is 2. The zero-order valence-electron chi connectivity index (χ0n) is 8.38. The van der Waals surface area contributed by atoms with Crippen molar-refractivity contribution in [1.82, 2.24) is 0 Å². The standard InChI is InChI=1S/C10H22OS/c1-10(2)6-9-12-8-5-3-4-7-11/h10-11H,3-9H2,1-2H3. The average Bonchev–Trinajstić information content (AvgIpc) is 2.02. The molecule has 0 unspecified atom stereocenters. The van der Waals surface area contributed by atoms with Crippen molar-refractivity contribution in [3.63, 3.8) is 0 Å². The summed E-state index contributed by atoms with van der Waals surface area (Å²) in [6, 6.07) is 0. The predicted molar refractivity (Wildman–Crippen MR) is 57.7 cm³/mol. The summed E-state index contributed by atoms with van der Waals surface area (Å²) >= 11 is 2.05. The molecule has 0 spiro atoms. The molecule has 0 aromatic heterocycles. The van der Waals surface area contributed by atoms with Gasteiger partial charge in [0, 0.05) is 6.61 Å². The van der Waals surface area contributed by atoms with Crippen molar-refractivity contribution in [2.24, 2.45) is 5.92 Å². The second-order valence-corrected chi connectivity index (χ2v) is 4.80. The Bertz CT molecular complexity index is 83.9. The SMILES string of the molecule is CC(C)CCSCCCCCO. The molecule has 2 heteroatoms. The number of aliphatic hydroxyl groups is 1. The first-order chi connectivity index (χ1) is 5.77. The van der Waals surface area contributed by atoms with Crippen molar-refractivity contribution >= 4 is 11.8 Å². The second-order valence-electron chi connectivity index (χ2n) is 3.58. The molecule has 0 radical (unpaired) electrons. The van der Waals surface area contributed by atoms with Gasteiger partial charge in [-0.15, -0.1) is 0 Å². The zero-order chi connectivity index (χ0) is 9.23. The van der Waals surface area contributed by atoms with Gasteiger partial charge in [-0.2, -0.15) is 11.8 Å². The molecule has 0 amide bonds. The van der Waals surface area contributed by atoms with E-state index in [0.29, 0.717) is 6.61 Å². The third-order valence-electron chi connectivity index (χ3n) is 1.79. The number of aliphatic hydroxyl groups excluding tert-OH is 1. The topological polar surface area (TPSA) is 20.2 Å². The largest absolute Gasteiger partial charge is 0.396 e. The van der Waals surface area contributed by atoms with E-state index in [4.69, 9.17) is 5.11 Å². The lowest BCUT2D eigenvalue weighted by Gasteiger charge is -2.03. The lowest BCUT2D eigenvalue weighted by atomic mass is 10.2. The van der Waals surface area contributed by atoms with Crippen LogP contribution in [0.25, 0.3) is 0 Å². The Balaban J connectivity index is 2.82. The molecule has 0 aromatic carbocycles. The van der Waals surface area contributed by atoms with Crippen molar-refractivity contribution in [3.05, 3.63) is 0 Å². The maximum Gasteiger partial charge on any atom is 0.0431 e. The van der Waals surface area contributed by atoms with Gasteiger partial charge in [-0.1, -0.05) is 20.3 Å². The first-order valence-electron chi connectivity index (χ1n) is 4.96. The third-order valence-corrected chi connectivity index (χ3v) is 2.89. The fraction of sp³-hybridized carbons (Fsp3) is 1.00. The van der Waals surface area contributed by atoms with Crippen molar-refractivity contribution in [2.75, 3.05) is 18.1 Å². The first-order valence-corrected chi connectivity index (χ1v) is 6.11. The van der Waals surface area contributed by atoms with Crippen LogP contribution < -0.4 is 0 Å². The molecular weight excluding hydrogens is 168 g/mol. The number of unbranched alkanes of at least 4 members (excludes halogenated alkanes) is 2. The van der Waals surface area contributed by atoms with Crippen LogP contribution in [0.1, 0.15) is 39.5 Å². The summed E-state index contributed by atoms with van der Waals surface area (Å²) in [4.78, 5) is 0. The Morgan fingerprint density at radius 1 is 1.08 bits per heavy atom. The van der Waals surface area contributed by atoms with Gasteiger partial charge >= 0.3 is 0 Å². The van der Waals surface area contributed by atoms with Crippen molar-refractivity contribution in [1.29, 1.82) is 0 Å². The van der Waals surface area contributed by atoms with Crippen molar-refractivity contribution in [2.45, 2.75) is 39.5 Å². The molecule has 0 aliphatic rings. The third kappa shape index (κ3) is 10.3. The number of thioether (sulfide) groups is 1. The molecule has 0 bridgehead atoms. The van der Waals surface area contributed by atoms with Gasteiger partial charge in [0.15, 0.2) is 0 Å². The normalized spacial score (nSPS) is 11.0. The van der Waals surface area contributed by atoms with Crippen LogP contribution in [0, 0.1) is 5.92 Å². The van der Waals surface area contributed by atoms with E-state index >= 15 is 0 Å². The maximum atomic E-state index is 8.53. The molecule has 1 N–H and O–H groups in total. The van der Waals surface area contributed by atoms with E-state index in [0.717, 1.165) is 12.3 Å². The summed E-state index contributed by atoms with van der Waals surface area (Å²) in [5, 5.41) is 8.53. The average molecular weight is 190 g/mol. The van der Waals surface area contributed by atoms with E-state index in [-0.39, 0.29) is 0 Å². The van der Waals surface area contributed by atoms with Gasteiger partial charge in [0.2, 0.25) is 0 Å². The summed E-state index contributed by atoms with van der Waals surface area (Å²) < 4.78 is 0. The van der Waals surface area contributed by atoms with E-state index < -0.39 is 0 Å². The summed E-state index contributed by atoms with van der Waals surface area (Å²) in [5.74, 6) is 3.42. The second kappa shape index (κ2) is 9.40. The highest BCUT2D eigenvalue weighted by molar-refractivity contribution is 7.99. The van der Waals surface area contributed by atoms with Crippen LogP contribution in [-0.2, 0) is 0 Å². The minimum absolute atomic E-state index is 0.358. The van der Waals surface area contributed by atoms with Crippen molar-refractivity contribution in [3.8, 4) is 0 Å². The fourth-order valence-electron chi connectivity index (χ4n) is 0.914. The van der Waals surface area contributed by atoms with Gasteiger partial charge in [0.1, 0.15) is 0 Å². The minimum Gasteiger partial charge on any atom is -0.396 e. The van der Waals surface area contributed by atoms with Crippen LogP contribution in [0.5, 0.6) is 0 Å². The van der Waals surface area contributed by atoms with Crippen LogP contribution >= 0.6 is 11.8 Å². The van der Waals surface area contributed by atoms with Gasteiger partial charge in [-0.25, -0.2) is 0 Å². The summed E-state index contributed by atoms with van der Waals surface area (Å²) in [5.41, 5.74) is 0. The predicted octanol–water partition coefficient (Wildman–Crippen LogP) is 2.93. The van der Waals surface area contributed by atoms with Gasteiger partial charge in [-0.3, -0.25) is 0 Å². The molecular formula is C10H22OS. The van der Waals surface area contributed by atoms with Gasteiger partial charge < -0.3 is 5.11 Å². The Kier molecular flexibility index (Phi) is 9.64. The van der Waals surface area contributed by atoms with E-state index in [1.54, 1.807) is 0 Å². The van der Waals surface area contributed by atoms with Gasteiger partial charge in [0.05, 0.1) is 0 Å².